The Morgan fingerprint density at radius 2 is 2.13 bits per heavy atom. The summed E-state index contributed by atoms with van der Waals surface area (Å²) in [6.07, 6.45) is -0.0728. The van der Waals surface area contributed by atoms with Crippen molar-refractivity contribution in [2.75, 3.05) is 13.1 Å². The fourth-order valence-corrected chi connectivity index (χ4v) is 1.22. The quantitative estimate of drug-likeness (QED) is 0.806. The largest absolute Gasteiger partial charge is 0.310 e. The highest BCUT2D eigenvalue weighted by Gasteiger charge is 2.08. The summed E-state index contributed by atoms with van der Waals surface area (Å²) in [5.41, 5.74) is 0.109. The predicted octanol–water partition coefficient (Wildman–Crippen LogP) is 1.69. The van der Waals surface area contributed by atoms with Crippen LogP contribution in [0.2, 0.25) is 0 Å². The number of carbonyl (C=O) groups excluding carboxylic acids is 1. The minimum Gasteiger partial charge on any atom is -0.310 e. The summed E-state index contributed by atoms with van der Waals surface area (Å²) in [6.45, 7) is 2.74. The molecule has 0 aliphatic rings. The van der Waals surface area contributed by atoms with Gasteiger partial charge in [-0.05, 0) is 30.3 Å². The molecular formula is C11H13F2NO. The summed E-state index contributed by atoms with van der Waals surface area (Å²) in [7, 11) is 0. The van der Waals surface area contributed by atoms with E-state index >= 15 is 0 Å². The number of hydrogen-bond acceptors (Lipinski definition) is 2. The maximum absolute atomic E-state index is 13.1. The second kappa shape index (κ2) is 5.56. The molecule has 2 nitrogen and oxygen atoms in total. The zero-order valence-corrected chi connectivity index (χ0v) is 8.52. The van der Waals surface area contributed by atoms with Crippen molar-refractivity contribution in [1.82, 2.24) is 5.32 Å². The molecule has 0 unspecified atom stereocenters. The Balaban J connectivity index is 2.63. The standard InChI is InChI=1S/C11H13F2NO/c1-2-14-7-10(15)6-8-5-9(12)3-4-11(8)13/h3-5,14H,2,6-7H2,1H3. The number of Topliss-reactive ketones (excluding diaryl/α,β-unsaturated/α-hetero) is 1. The molecule has 0 aliphatic carbocycles. The molecule has 15 heavy (non-hydrogen) atoms. The summed E-state index contributed by atoms with van der Waals surface area (Å²) < 4.78 is 25.9. The summed E-state index contributed by atoms with van der Waals surface area (Å²) in [4.78, 5) is 11.3. The first-order valence-corrected chi connectivity index (χ1v) is 4.79. The molecule has 0 amide bonds. The Labute approximate surface area is 87.3 Å². The Morgan fingerprint density at radius 3 is 2.80 bits per heavy atom. The van der Waals surface area contributed by atoms with Crippen LogP contribution in [0.1, 0.15) is 12.5 Å². The van der Waals surface area contributed by atoms with Crippen LogP contribution in [0.15, 0.2) is 18.2 Å². The molecule has 0 fully saturated rings. The number of halogens is 2. The second-order valence-electron chi connectivity index (χ2n) is 3.23. The van der Waals surface area contributed by atoms with Gasteiger partial charge in [-0.3, -0.25) is 4.79 Å². The fourth-order valence-electron chi connectivity index (χ4n) is 1.22. The number of carbonyl (C=O) groups is 1. The van der Waals surface area contributed by atoms with Gasteiger partial charge in [-0.25, -0.2) is 8.78 Å². The van der Waals surface area contributed by atoms with Crippen LogP contribution in [-0.2, 0) is 11.2 Å². The highest BCUT2D eigenvalue weighted by molar-refractivity contribution is 5.82. The Kier molecular flexibility index (Phi) is 4.37. The molecule has 4 heteroatoms. The van der Waals surface area contributed by atoms with Crippen molar-refractivity contribution in [2.24, 2.45) is 0 Å². The third-order valence-electron chi connectivity index (χ3n) is 1.97. The molecule has 1 aromatic carbocycles. The third-order valence-corrected chi connectivity index (χ3v) is 1.97. The van der Waals surface area contributed by atoms with Crippen molar-refractivity contribution in [1.29, 1.82) is 0 Å². The van der Waals surface area contributed by atoms with Crippen molar-refractivity contribution in [2.45, 2.75) is 13.3 Å². The van der Waals surface area contributed by atoms with E-state index in [-0.39, 0.29) is 24.3 Å². The van der Waals surface area contributed by atoms with Gasteiger partial charge in [0.1, 0.15) is 11.6 Å². The molecule has 1 rings (SSSR count). The molecule has 0 spiro atoms. The first kappa shape index (κ1) is 11.8. The molecule has 0 atom stereocenters. The summed E-state index contributed by atoms with van der Waals surface area (Å²) in [6, 6.07) is 3.12. The highest BCUT2D eigenvalue weighted by Crippen LogP contribution is 2.10. The number of nitrogens with one attached hydrogen (secondary N) is 1. The lowest BCUT2D eigenvalue weighted by Gasteiger charge is -2.03. The number of benzene rings is 1. The van der Waals surface area contributed by atoms with Gasteiger partial charge in [0, 0.05) is 6.42 Å². The molecular weight excluding hydrogens is 200 g/mol. The molecule has 1 aromatic rings. The van der Waals surface area contributed by atoms with E-state index in [1.54, 1.807) is 0 Å². The normalized spacial score (nSPS) is 10.3. The molecule has 0 radical (unpaired) electrons. The molecule has 1 N–H and O–H groups in total. The van der Waals surface area contributed by atoms with Gasteiger partial charge < -0.3 is 5.32 Å². The lowest BCUT2D eigenvalue weighted by molar-refractivity contribution is -0.117. The lowest BCUT2D eigenvalue weighted by Crippen LogP contribution is -2.24. The third kappa shape index (κ3) is 3.75. The van der Waals surface area contributed by atoms with Crippen molar-refractivity contribution < 1.29 is 13.6 Å². The predicted molar refractivity (Wildman–Crippen MR) is 53.6 cm³/mol. The smallest absolute Gasteiger partial charge is 0.151 e. The van der Waals surface area contributed by atoms with Gasteiger partial charge in [0.15, 0.2) is 5.78 Å². The summed E-state index contributed by atoms with van der Waals surface area (Å²) in [5.74, 6) is -1.22. The average molecular weight is 213 g/mol. The van der Waals surface area contributed by atoms with Crippen molar-refractivity contribution >= 4 is 5.78 Å². The van der Waals surface area contributed by atoms with Crippen LogP contribution in [-0.4, -0.2) is 18.9 Å². The van der Waals surface area contributed by atoms with Crippen LogP contribution in [0.5, 0.6) is 0 Å². The van der Waals surface area contributed by atoms with Gasteiger partial charge >= 0.3 is 0 Å². The maximum Gasteiger partial charge on any atom is 0.151 e. The van der Waals surface area contributed by atoms with Crippen LogP contribution < -0.4 is 5.32 Å². The van der Waals surface area contributed by atoms with Crippen LogP contribution in [0.4, 0.5) is 8.78 Å². The van der Waals surface area contributed by atoms with Gasteiger partial charge in [-0.15, -0.1) is 0 Å². The summed E-state index contributed by atoms with van der Waals surface area (Å²) >= 11 is 0. The van der Waals surface area contributed by atoms with Crippen molar-refractivity contribution in [3.63, 3.8) is 0 Å². The monoisotopic (exact) mass is 213 g/mol. The van der Waals surface area contributed by atoms with Gasteiger partial charge in [-0.2, -0.15) is 0 Å². The molecule has 0 bridgehead atoms. The van der Waals surface area contributed by atoms with Crippen molar-refractivity contribution in [3.05, 3.63) is 35.4 Å². The lowest BCUT2D eigenvalue weighted by atomic mass is 10.1. The molecule has 0 heterocycles. The van der Waals surface area contributed by atoms with Crippen LogP contribution in [0, 0.1) is 11.6 Å². The van der Waals surface area contributed by atoms with Crippen LogP contribution >= 0.6 is 0 Å². The number of rotatable bonds is 5. The van der Waals surface area contributed by atoms with E-state index in [4.69, 9.17) is 0 Å². The molecule has 0 aliphatic heterocycles. The van der Waals surface area contributed by atoms with Crippen molar-refractivity contribution in [3.8, 4) is 0 Å². The zero-order chi connectivity index (χ0) is 11.3. The van der Waals surface area contributed by atoms with Gasteiger partial charge in [0.25, 0.3) is 0 Å². The number of likely N-dealkylation sites (N-methyl/N-ethyl adjacent to an activating group) is 1. The number of hydrogen-bond donors (Lipinski definition) is 1. The fraction of sp³-hybridized carbons (Fsp3) is 0.364. The Morgan fingerprint density at radius 1 is 1.40 bits per heavy atom. The molecule has 0 aromatic heterocycles. The minimum atomic E-state index is -0.541. The van der Waals surface area contributed by atoms with E-state index in [1.165, 1.54) is 0 Å². The van der Waals surface area contributed by atoms with E-state index in [2.05, 4.69) is 5.32 Å². The Hall–Kier alpha value is -1.29. The highest BCUT2D eigenvalue weighted by atomic mass is 19.1. The average Bonchev–Trinajstić information content (AvgIpc) is 2.20. The van der Waals surface area contributed by atoms with E-state index < -0.39 is 11.6 Å². The van der Waals surface area contributed by atoms with E-state index in [9.17, 15) is 13.6 Å². The van der Waals surface area contributed by atoms with Crippen LogP contribution in [0.3, 0.4) is 0 Å². The van der Waals surface area contributed by atoms with E-state index in [1.807, 2.05) is 6.92 Å². The minimum absolute atomic E-state index is 0.0728. The van der Waals surface area contributed by atoms with Gasteiger partial charge in [0.2, 0.25) is 0 Å². The topological polar surface area (TPSA) is 29.1 Å². The second-order valence-corrected chi connectivity index (χ2v) is 3.23. The Bertz CT molecular complexity index is 352. The number of ketones is 1. The van der Waals surface area contributed by atoms with E-state index in [0.29, 0.717) is 6.54 Å². The first-order chi connectivity index (χ1) is 7.13. The first-order valence-electron chi connectivity index (χ1n) is 4.79. The zero-order valence-electron chi connectivity index (χ0n) is 8.52. The van der Waals surface area contributed by atoms with Crippen LogP contribution in [0.25, 0.3) is 0 Å². The molecule has 0 saturated carbocycles. The van der Waals surface area contributed by atoms with Gasteiger partial charge in [-0.1, -0.05) is 6.92 Å². The van der Waals surface area contributed by atoms with Gasteiger partial charge in [0.05, 0.1) is 6.54 Å². The molecule has 82 valence electrons. The summed E-state index contributed by atoms with van der Waals surface area (Å²) in [5, 5.41) is 2.84. The SMILES string of the molecule is CCNCC(=O)Cc1cc(F)ccc1F. The van der Waals surface area contributed by atoms with E-state index in [0.717, 1.165) is 18.2 Å². The molecule has 0 saturated heterocycles. The maximum atomic E-state index is 13.1.